The minimum atomic E-state index is 0.360. The predicted octanol–water partition coefficient (Wildman–Crippen LogP) is 2.96. The van der Waals surface area contributed by atoms with Crippen LogP contribution in [0.4, 0.5) is 5.69 Å². The van der Waals surface area contributed by atoms with Crippen LogP contribution >= 0.6 is 0 Å². The lowest BCUT2D eigenvalue weighted by Gasteiger charge is -2.35. The Balaban J connectivity index is 2.04. The maximum Gasteiger partial charge on any atom is 0.0475 e. The molecule has 1 aromatic carbocycles. The molecule has 3 rings (SSSR count). The van der Waals surface area contributed by atoms with Gasteiger partial charge in [-0.1, -0.05) is 18.2 Å². The average molecular weight is 231 g/mol. The van der Waals surface area contributed by atoms with Crippen LogP contribution in [-0.2, 0) is 10.2 Å². The summed E-state index contributed by atoms with van der Waals surface area (Å²) in [7, 11) is 0. The fourth-order valence-corrected chi connectivity index (χ4v) is 3.32. The highest BCUT2D eigenvalue weighted by Gasteiger charge is 2.43. The standard InChI is InChI=1S/C15H21NO/c1-12(2)16-11-15(7-9-17-10-8-15)13-5-3-4-6-14(13)16/h3-6,12H,7-11H2,1-2H3. The van der Waals surface area contributed by atoms with Crippen molar-refractivity contribution in [2.45, 2.75) is 38.1 Å². The number of nitrogens with zero attached hydrogens (tertiary/aromatic N) is 1. The van der Waals surface area contributed by atoms with E-state index >= 15 is 0 Å². The van der Waals surface area contributed by atoms with E-state index in [0.29, 0.717) is 11.5 Å². The molecule has 1 saturated heterocycles. The maximum atomic E-state index is 5.55. The molecule has 2 heteroatoms. The zero-order valence-electron chi connectivity index (χ0n) is 10.8. The molecule has 0 aliphatic carbocycles. The molecule has 0 unspecified atom stereocenters. The van der Waals surface area contributed by atoms with E-state index in [0.717, 1.165) is 13.2 Å². The summed E-state index contributed by atoms with van der Waals surface area (Å²) in [6.07, 6.45) is 2.35. The van der Waals surface area contributed by atoms with Gasteiger partial charge >= 0.3 is 0 Å². The summed E-state index contributed by atoms with van der Waals surface area (Å²) in [4.78, 5) is 2.56. The van der Waals surface area contributed by atoms with Gasteiger partial charge in [0.05, 0.1) is 0 Å². The third-order valence-corrected chi connectivity index (χ3v) is 4.33. The quantitative estimate of drug-likeness (QED) is 0.737. The molecular weight excluding hydrogens is 210 g/mol. The summed E-state index contributed by atoms with van der Waals surface area (Å²) in [6, 6.07) is 9.52. The number of benzene rings is 1. The number of anilines is 1. The monoisotopic (exact) mass is 231 g/mol. The fraction of sp³-hybridized carbons (Fsp3) is 0.600. The van der Waals surface area contributed by atoms with Crippen LogP contribution in [-0.4, -0.2) is 25.8 Å². The zero-order chi connectivity index (χ0) is 11.9. The lowest BCUT2D eigenvalue weighted by Crippen LogP contribution is -2.40. The van der Waals surface area contributed by atoms with Gasteiger partial charge in [-0.05, 0) is 38.3 Å². The molecule has 2 heterocycles. The third kappa shape index (κ3) is 1.66. The van der Waals surface area contributed by atoms with Gasteiger partial charge in [-0.3, -0.25) is 0 Å². The molecule has 2 aliphatic heterocycles. The van der Waals surface area contributed by atoms with Gasteiger partial charge in [0.25, 0.3) is 0 Å². The summed E-state index contributed by atoms with van der Waals surface area (Å²) < 4.78 is 5.55. The molecule has 0 atom stereocenters. The number of hydrogen-bond acceptors (Lipinski definition) is 2. The molecule has 2 aliphatic rings. The van der Waals surface area contributed by atoms with Crippen molar-refractivity contribution in [2.24, 2.45) is 0 Å². The molecule has 1 aromatic rings. The van der Waals surface area contributed by atoms with Crippen molar-refractivity contribution in [3.63, 3.8) is 0 Å². The number of para-hydroxylation sites is 1. The van der Waals surface area contributed by atoms with Gasteiger partial charge in [-0.25, -0.2) is 0 Å². The van der Waals surface area contributed by atoms with E-state index in [1.807, 2.05) is 0 Å². The molecule has 0 amide bonds. The van der Waals surface area contributed by atoms with Crippen LogP contribution < -0.4 is 4.90 Å². The first-order valence-corrected chi connectivity index (χ1v) is 6.67. The van der Waals surface area contributed by atoms with Crippen LogP contribution in [0.1, 0.15) is 32.3 Å². The van der Waals surface area contributed by atoms with Crippen LogP contribution in [0.15, 0.2) is 24.3 Å². The second-order valence-electron chi connectivity index (χ2n) is 5.63. The molecule has 0 radical (unpaired) electrons. The van der Waals surface area contributed by atoms with Gasteiger partial charge in [0.1, 0.15) is 0 Å². The zero-order valence-corrected chi connectivity index (χ0v) is 10.8. The second-order valence-corrected chi connectivity index (χ2v) is 5.63. The van der Waals surface area contributed by atoms with E-state index in [2.05, 4.69) is 43.0 Å². The lowest BCUT2D eigenvalue weighted by molar-refractivity contribution is 0.0551. The first-order valence-electron chi connectivity index (χ1n) is 6.67. The maximum absolute atomic E-state index is 5.55. The average Bonchev–Trinajstić information content (AvgIpc) is 2.66. The Morgan fingerprint density at radius 2 is 1.88 bits per heavy atom. The van der Waals surface area contributed by atoms with Crippen LogP contribution in [0.5, 0.6) is 0 Å². The van der Waals surface area contributed by atoms with Crippen LogP contribution in [0.2, 0.25) is 0 Å². The van der Waals surface area contributed by atoms with Gasteiger partial charge < -0.3 is 9.64 Å². The Labute approximate surface area is 104 Å². The third-order valence-electron chi connectivity index (χ3n) is 4.33. The van der Waals surface area contributed by atoms with Crippen molar-refractivity contribution in [2.75, 3.05) is 24.7 Å². The lowest BCUT2D eigenvalue weighted by atomic mass is 9.76. The topological polar surface area (TPSA) is 12.5 Å². The van der Waals surface area contributed by atoms with Crippen LogP contribution in [0.3, 0.4) is 0 Å². The van der Waals surface area contributed by atoms with Gasteiger partial charge in [-0.2, -0.15) is 0 Å². The molecule has 17 heavy (non-hydrogen) atoms. The molecule has 0 bridgehead atoms. The largest absolute Gasteiger partial charge is 0.381 e. The van der Waals surface area contributed by atoms with Gasteiger partial charge in [0.2, 0.25) is 0 Å². The Bertz CT molecular complexity index is 407. The SMILES string of the molecule is CC(C)N1CC2(CCOCC2)c2ccccc21. The molecule has 0 N–H and O–H groups in total. The fourth-order valence-electron chi connectivity index (χ4n) is 3.32. The summed E-state index contributed by atoms with van der Waals surface area (Å²) in [5.41, 5.74) is 3.36. The normalized spacial score (nSPS) is 22.2. The Morgan fingerprint density at radius 3 is 2.59 bits per heavy atom. The summed E-state index contributed by atoms with van der Waals surface area (Å²) in [5, 5.41) is 0. The molecule has 2 nitrogen and oxygen atoms in total. The first kappa shape index (κ1) is 11.1. The predicted molar refractivity (Wildman–Crippen MR) is 70.7 cm³/mol. The number of fused-ring (bicyclic) bond motifs is 2. The van der Waals surface area contributed by atoms with E-state index in [9.17, 15) is 0 Å². The van der Waals surface area contributed by atoms with E-state index in [-0.39, 0.29) is 0 Å². The number of rotatable bonds is 1. The van der Waals surface area contributed by atoms with Crippen molar-refractivity contribution < 1.29 is 4.74 Å². The van der Waals surface area contributed by atoms with E-state index < -0.39 is 0 Å². The summed E-state index contributed by atoms with van der Waals surface area (Å²) in [6.45, 7) is 7.58. The molecule has 0 saturated carbocycles. The van der Waals surface area contributed by atoms with Gasteiger partial charge in [0.15, 0.2) is 0 Å². The highest BCUT2D eigenvalue weighted by Crippen LogP contribution is 2.47. The number of ether oxygens (including phenoxy) is 1. The molecule has 1 fully saturated rings. The van der Waals surface area contributed by atoms with Crippen LogP contribution in [0, 0.1) is 0 Å². The van der Waals surface area contributed by atoms with Gasteiger partial charge in [0, 0.05) is 36.9 Å². The minimum absolute atomic E-state index is 0.360. The van der Waals surface area contributed by atoms with E-state index in [1.165, 1.54) is 25.1 Å². The Kier molecular flexibility index (Phi) is 2.62. The van der Waals surface area contributed by atoms with E-state index in [4.69, 9.17) is 4.74 Å². The summed E-state index contributed by atoms with van der Waals surface area (Å²) in [5.74, 6) is 0. The molecule has 0 aromatic heterocycles. The van der Waals surface area contributed by atoms with Crippen molar-refractivity contribution in [3.05, 3.63) is 29.8 Å². The second kappa shape index (κ2) is 4.02. The number of hydrogen-bond donors (Lipinski definition) is 0. The Hall–Kier alpha value is -1.02. The minimum Gasteiger partial charge on any atom is -0.381 e. The highest BCUT2D eigenvalue weighted by molar-refractivity contribution is 5.63. The Morgan fingerprint density at radius 1 is 1.18 bits per heavy atom. The summed E-state index contributed by atoms with van der Waals surface area (Å²) >= 11 is 0. The van der Waals surface area contributed by atoms with Crippen molar-refractivity contribution >= 4 is 5.69 Å². The van der Waals surface area contributed by atoms with Crippen molar-refractivity contribution in [3.8, 4) is 0 Å². The smallest absolute Gasteiger partial charge is 0.0475 e. The van der Waals surface area contributed by atoms with Crippen molar-refractivity contribution in [1.82, 2.24) is 0 Å². The molecule has 1 spiro atoms. The van der Waals surface area contributed by atoms with Crippen molar-refractivity contribution in [1.29, 1.82) is 0 Å². The molecule has 92 valence electrons. The van der Waals surface area contributed by atoms with Crippen LogP contribution in [0.25, 0.3) is 0 Å². The molecular formula is C15H21NO. The van der Waals surface area contributed by atoms with Gasteiger partial charge in [-0.15, -0.1) is 0 Å². The van der Waals surface area contributed by atoms with E-state index in [1.54, 1.807) is 5.56 Å². The first-order chi connectivity index (χ1) is 8.23. The highest BCUT2D eigenvalue weighted by atomic mass is 16.5.